The van der Waals surface area contributed by atoms with Crippen molar-refractivity contribution in [2.24, 2.45) is 11.8 Å². The fourth-order valence-corrected chi connectivity index (χ4v) is 3.06. The molecule has 0 unspecified atom stereocenters. The van der Waals surface area contributed by atoms with Gasteiger partial charge in [-0.2, -0.15) is 0 Å². The van der Waals surface area contributed by atoms with Gasteiger partial charge in [-0.25, -0.2) is 0 Å². The molecule has 0 amide bonds. The normalized spacial score (nSPS) is 27.4. The zero-order valence-electron chi connectivity index (χ0n) is 14.2. The van der Waals surface area contributed by atoms with Gasteiger partial charge in [0.15, 0.2) is 0 Å². The predicted octanol–water partition coefficient (Wildman–Crippen LogP) is 3.62. The van der Waals surface area contributed by atoms with Crippen LogP contribution in [-0.2, 0) is 9.47 Å². The Hall–Kier alpha value is -0.120. The van der Waals surface area contributed by atoms with Crippen LogP contribution in [0.15, 0.2) is 0 Å². The van der Waals surface area contributed by atoms with Crippen molar-refractivity contribution >= 4 is 0 Å². The van der Waals surface area contributed by atoms with Crippen LogP contribution >= 0.6 is 0 Å². The second kappa shape index (κ2) is 9.01. The Morgan fingerprint density at radius 1 is 1.10 bits per heavy atom. The second-order valence-electron chi connectivity index (χ2n) is 6.85. The van der Waals surface area contributed by atoms with Gasteiger partial charge >= 0.3 is 0 Å². The van der Waals surface area contributed by atoms with Crippen molar-refractivity contribution in [3.8, 4) is 0 Å². The highest BCUT2D eigenvalue weighted by Gasteiger charge is 2.36. The van der Waals surface area contributed by atoms with E-state index in [0.717, 1.165) is 31.6 Å². The van der Waals surface area contributed by atoms with Crippen LogP contribution in [0.25, 0.3) is 0 Å². The average molecular weight is 285 g/mol. The Morgan fingerprint density at radius 2 is 1.75 bits per heavy atom. The van der Waals surface area contributed by atoms with Crippen molar-refractivity contribution in [3.05, 3.63) is 0 Å². The summed E-state index contributed by atoms with van der Waals surface area (Å²) < 4.78 is 11.7. The van der Waals surface area contributed by atoms with Gasteiger partial charge in [0.05, 0.1) is 18.8 Å². The molecule has 0 spiro atoms. The van der Waals surface area contributed by atoms with Crippen LogP contribution in [-0.4, -0.2) is 38.0 Å². The third-order valence-electron chi connectivity index (χ3n) is 4.56. The fourth-order valence-electron chi connectivity index (χ4n) is 3.06. The van der Waals surface area contributed by atoms with Gasteiger partial charge in [-0.05, 0) is 44.4 Å². The Bertz CT molecular complexity index is 245. The standard InChI is InChI=1S/C17H35NO2/c1-6-19-11-12-20-17(13-18-15(4)5)9-7-16(8-10-17)14(2)3/h14-16,18H,6-13H2,1-5H3. The molecule has 0 bridgehead atoms. The Balaban J connectivity index is 2.48. The molecule has 1 saturated carbocycles. The quantitative estimate of drug-likeness (QED) is 0.656. The summed E-state index contributed by atoms with van der Waals surface area (Å²) >= 11 is 0. The molecule has 3 heteroatoms. The van der Waals surface area contributed by atoms with E-state index in [-0.39, 0.29) is 5.60 Å². The maximum atomic E-state index is 6.26. The third-order valence-corrected chi connectivity index (χ3v) is 4.56. The summed E-state index contributed by atoms with van der Waals surface area (Å²) in [5.41, 5.74) is 0.0345. The van der Waals surface area contributed by atoms with Crippen LogP contribution in [0.3, 0.4) is 0 Å². The van der Waals surface area contributed by atoms with Crippen LogP contribution in [0, 0.1) is 11.8 Å². The first-order valence-electron chi connectivity index (χ1n) is 8.44. The van der Waals surface area contributed by atoms with Crippen LogP contribution in [0.4, 0.5) is 0 Å². The van der Waals surface area contributed by atoms with E-state index in [9.17, 15) is 0 Å². The van der Waals surface area contributed by atoms with Crippen LogP contribution in [0.1, 0.15) is 60.3 Å². The fraction of sp³-hybridized carbons (Fsp3) is 1.00. The van der Waals surface area contributed by atoms with E-state index in [0.29, 0.717) is 12.6 Å². The Kier molecular flexibility index (Phi) is 8.08. The zero-order chi connectivity index (χ0) is 15.0. The van der Waals surface area contributed by atoms with Crippen LogP contribution in [0.5, 0.6) is 0 Å². The molecule has 1 aliphatic carbocycles. The monoisotopic (exact) mass is 285 g/mol. The summed E-state index contributed by atoms with van der Waals surface area (Å²) in [5.74, 6) is 1.67. The third kappa shape index (κ3) is 6.11. The summed E-state index contributed by atoms with van der Waals surface area (Å²) in [7, 11) is 0. The minimum atomic E-state index is 0.0345. The van der Waals surface area contributed by atoms with E-state index in [1.165, 1.54) is 25.7 Å². The highest BCUT2D eigenvalue weighted by molar-refractivity contribution is 4.90. The van der Waals surface area contributed by atoms with Crippen LogP contribution in [0.2, 0.25) is 0 Å². The summed E-state index contributed by atoms with van der Waals surface area (Å²) in [6.07, 6.45) is 4.96. The number of hydrogen-bond donors (Lipinski definition) is 1. The summed E-state index contributed by atoms with van der Waals surface area (Å²) in [5, 5.41) is 3.58. The van der Waals surface area contributed by atoms with Crippen molar-refractivity contribution in [2.75, 3.05) is 26.4 Å². The minimum absolute atomic E-state index is 0.0345. The number of rotatable bonds is 9. The van der Waals surface area contributed by atoms with E-state index in [1.807, 2.05) is 6.92 Å². The number of nitrogens with one attached hydrogen (secondary N) is 1. The van der Waals surface area contributed by atoms with E-state index in [1.54, 1.807) is 0 Å². The molecule has 0 atom stereocenters. The highest BCUT2D eigenvalue weighted by Crippen LogP contribution is 2.37. The van der Waals surface area contributed by atoms with Gasteiger partial charge in [0.1, 0.15) is 0 Å². The van der Waals surface area contributed by atoms with Crippen molar-refractivity contribution in [1.82, 2.24) is 5.32 Å². The van der Waals surface area contributed by atoms with Crippen LogP contribution < -0.4 is 5.32 Å². The van der Waals surface area contributed by atoms with Crippen molar-refractivity contribution in [1.29, 1.82) is 0 Å². The summed E-state index contributed by atoms with van der Waals surface area (Å²) in [4.78, 5) is 0. The molecule has 0 aliphatic heterocycles. The highest BCUT2D eigenvalue weighted by atomic mass is 16.5. The molecule has 1 fully saturated rings. The van der Waals surface area contributed by atoms with Gasteiger partial charge in [0.2, 0.25) is 0 Å². The van der Waals surface area contributed by atoms with Gasteiger partial charge in [-0.1, -0.05) is 27.7 Å². The van der Waals surface area contributed by atoms with Crippen molar-refractivity contribution < 1.29 is 9.47 Å². The molecular formula is C17H35NO2. The molecule has 0 aromatic carbocycles. The molecule has 0 aromatic heterocycles. The van der Waals surface area contributed by atoms with Gasteiger partial charge in [-0.3, -0.25) is 0 Å². The topological polar surface area (TPSA) is 30.5 Å². The minimum Gasteiger partial charge on any atom is -0.379 e. The molecule has 20 heavy (non-hydrogen) atoms. The number of ether oxygens (including phenoxy) is 2. The van der Waals surface area contributed by atoms with E-state index in [4.69, 9.17) is 9.47 Å². The molecule has 0 saturated heterocycles. The number of hydrogen-bond acceptors (Lipinski definition) is 3. The Labute approximate surface area is 125 Å². The van der Waals surface area contributed by atoms with E-state index < -0.39 is 0 Å². The molecule has 1 aliphatic rings. The molecule has 0 heterocycles. The molecular weight excluding hydrogens is 250 g/mol. The van der Waals surface area contributed by atoms with Crippen molar-refractivity contribution in [3.63, 3.8) is 0 Å². The SMILES string of the molecule is CCOCCOC1(CNC(C)C)CCC(C(C)C)CC1. The lowest BCUT2D eigenvalue weighted by atomic mass is 9.74. The van der Waals surface area contributed by atoms with Gasteiger partial charge in [0, 0.05) is 19.2 Å². The summed E-state index contributed by atoms with van der Waals surface area (Å²) in [6.45, 7) is 14.3. The van der Waals surface area contributed by atoms with Gasteiger partial charge in [-0.15, -0.1) is 0 Å². The Morgan fingerprint density at radius 3 is 2.25 bits per heavy atom. The molecule has 0 radical (unpaired) electrons. The average Bonchev–Trinajstić information content (AvgIpc) is 2.42. The first-order chi connectivity index (χ1) is 9.49. The van der Waals surface area contributed by atoms with Crippen molar-refractivity contribution in [2.45, 2.75) is 71.9 Å². The smallest absolute Gasteiger partial charge is 0.0807 e. The maximum absolute atomic E-state index is 6.26. The van der Waals surface area contributed by atoms with Gasteiger partial charge in [0.25, 0.3) is 0 Å². The molecule has 1 N–H and O–H groups in total. The maximum Gasteiger partial charge on any atom is 0.0807 e. The lowest BCUT2D eigenvalue weighted by Crippen LogP contribution is -2.48. The molecule has 1 rings (SSSR count). The first-order valence-corrected chi connectivity index (χ1v) is 8.44. The van der Waals surface area contributed by atoms with E-state index >= 15 is 0 Å². The lowest BCUT2D eigenvalue weighted by molar-refractivity contribution is -0.0951. The molecule has 120 valence electrons. The van der Waals surface area contributed by atoms with Gasteiger partial charge < -0.3 is 14.8 Å². The zero-order valence-corrected chi connectivity index (χ0v) is 14.2. The van der Waals surface area contributed by atoms with E-state index in [2.05, 4.69) is 33.0 Å². The molecule has 3 nitrogen and oxygen atoms in total. The predicted molar refractivity (Wildman–Crippen MR) is 85.1 cm³/mol. The lowest BCUT2D eigenvalue weighted by Gasteiger charge is -2.42. The first kappa shape index (κ1) is 17.9. The second-order valence-corrected chi connectivity index (χ2v) is 6.85. The molecule has 0 aromatic rings. The summed E-state index contributed by atoms with van der Waals surface area (Å²) in [6, 6.07) is 0.519. The largest absolute Gasteiger partial charge is 0.379 e.